The Labute approximate surface area is 394 Å². The van der Waals surface area contributed by atoms with Crippen LogP contribution in [0.15, 0.2) is 139 Å². The van der Waals surface area contributed by atoms with Crippen molar-refractivity contribution in [2.75, 3.05) is 14.2 Å². The molecule has 0 aromatic carbocycles. The molecule has 0 aliphatic heterocycles. The third kappa shape index (κ3) is 26.3. The Hall–Kier alpha value is -4.18. The lowest BCUT2D eigenvalue weighted by molar-refractivity contribution is -0.121. The maximum Gasteiger partial charge on any atom is 0.228 e. The van der Waals surface area contributed by atoms with Crippen LogP contribution in [-0.4, -0.2) is 25.8 Å². The predicted octanol–water partition coefficient (Wildman–Crippen LogP) is 17.9. The molecule has 0 heterocycles. The summed E-state index contributed by atoms with van der Waals surface area (Å²) in [5, 5.41) is 0. The highest BCUT2D eigenvalue weighted by Gasteiger charge is 2.34. The molecular weight excluding hydrogens is 773 g/mol. The van der Waals surface area contributed by atoms with E-state index in [2.05, 4.69) is 124 Å². The summed E-state index contributed by atoms with van der Waals surface area (Å²) >= 11 is 0. The third-order valence-corrected chi connectivity index (χ3v) is 11.5. The number of carbonyl (C=O) groups excluding carboxylic acids is 2. The first-order chi connectivity index (χ1) is 31.9. The molecule has 0 saturated heterocycles. The van der Waals surface area contributed by atoms with E-state index in [-0.39, 0.29) is 0 Å². The van der Waals surface area contributed by atoms with E-state index in [1.807, 2.05) is 0 Å². The number of methoxy groups -OCH3 is 2. The Bertz CT molecular complexity index is 2050. The summed E-state index contributed by atoms with van der Waals surface area (Å²) in [5.74, 6) is -3.13. The third-order valence-electron chi connectivity index (χ3n) is 11.5. The molecule has 0 saturated carbocycles. The van der Waals surface area contributed by atoms with Crippen molar-refractivity contribution in [3.63, 3.8) is 0 Å². The second-order valence-electron chi connectivity index (χ2n) is 18.1. The minimum atomic E-state index is -3.03. The van der Waals surface area contributed by atoms with Gasteiger partial charge in [-0.3, -0.25) is 9.59 Å². The maximum atomic E-state index is 13.3. The quantitative estimate of drug-likeness (QED) is 0.0514. The van der Waals surface area contributed by atoms with Gasteiger partial charge in [0.05, 0.1) is 14.2 Å². The summed E-state index contributed by atoms with van der Waals surface area (Å²) in [4.78, 5) is 26.3. The number of hydrogen-bond acceptors (Lipinski definition) is 4. The summed E-state index contributed by atoms with van der Waals surface area (Å²) in [6, 6.07) is 0. The molecule has 0 aromatic rings. The Morgan fingerprint density at radius 3 is 0.873 bits per heavy atom. The number of ketones is 2. The van der Waals surface area contributed by atoms with Crippen molar-refractivity contribution in [1.29, 1.82) is 0 Å². The Morgan fingerprint density at radius 1 is 0.397 bits per heavy atom. The van der Waals surface area contributed by atoms with E-state index < -0.39 is 47.5 Å². The van der Waals surface area contributed by atoms with Crippen LogP contribution in [0.3, 0.4) is 0 Å². The molecule has 4 heteroatoms. The van der Waals surface area contributed by atoms with Crippen molar-refractivity contribution in [3.8, 4) is 0 Å². The molecule has 0 N–H and O–H groups in total. The highest BCUT2D eigenvalue weighted by atomic mass is 16.5. The molecule has 0 radical (unpaired) electrons. The first-order valence-corrected chi connectivity index (χ1v) is 23.7. The van der Waals surface area contributed by atoms with Crippen molar-refractivity contribution < 1.29 is 25.9 Å². The average Bonchev–Trinajstić information content (AvgIpc) is 3.23. The van der Waals surface area contributed by atoms with E-state index >= 15 is 0 Å². The van der Waals surface area contributed by atoms with Crippen LogP contribution < -0.4 is 0 Å². The van der Waals surface area contributed by atoms with Crippen LogP contribution in [0.25, 0.3) is 0 Å². The highest BCUT2D eigenvalue weighted by molar-refractivity contribution is 6.23. The molecule has 0 atom stereocenters. The molecule has 1 aliphatic rings. The molecule has 0 fully saturated rings. The molecule has 4 nitrogen and oxygen atoms in total. The first-order valence-electron chi connectivity index (χ1n) is 26.2. The zero-order valence-electron chi connectivity index (χ0n) is 47.1. The highest BCUT2D eigenvalue weighted by Crippen LogP contribution is 2.28. The fraction of sp³-hybridized carbons (Fsp3) is 0.559. The molecule has 0 spiro atoms. The van der Waals surface area contributed by atoms with Crippen LogP contribution in [0, 0.1) is 0 Å². The lowest BCUT2D eigenvalue weighted by Crippen LogP contribution is -2.24. The van der Waals surface area contributed by atoms with Crippen LogP contribution in [0.5, 0.6) is 0 Å². The van der Waals surface area contributed by atoms with Gasteiger partial charge in [0.2, 0.25) is 23.1 Å². The van der Waals surface area contributed by atoms with Gasteiger partial charge in [-0.15, -0.1) is 0 Å². The summed E-state index contributed by atoms with van der Waals surface area (Å²) in [6.45, 7) is 20.9. The van der Waals surface area contributed by atoms with Crippen LogP contribution in [-0.2, 0) is 19.1 Å². The van der Waals surface area contributed by atoms with Gasteiger partial charge >= 0.3 is 0 Å². The average molecular weight is 868 g/mol. The Morgan fingerprint density at radius 2 is 0.635 bits per heavy atom. The summed E-state index contributed by atoms with van der Waals surface area (Å²) < 4.78 is 51.1. The minimum Gasteiger partial charge on any atom is -0.489 e. The zero-order valence-corrected chi connectivity index (χ0v) is 42.1. The number of rotatable bonds is 31. The molecule has 1 aliphatic carbocycles. The van der Waals surface area contributed by atoms with Gasteiger partial charge in [0.15, 0.2) is 0 Å². The van der Waals surface area contributed by atoms with Gasteiger partial charge in [-0.05, 0) is 205 Å². The summed E-state index contributed by atoms with van der Waals surface area (Å²) in [5.41, 5.74) is 11.9. The molecule has 63 heavy (non-hydrogen) atoms. The Balaban J connectivity index is 2.45. The van der Waals surface area contributed by atoms with Gasteiger partial charge in [0, 0.05) is 18.0 Å². The minimum absolute atomic E-state index is 0.505. The first kappa shape index (κ1) is 48.3. The maximum absolute atomic E-state index is 13.3. The number of hydrogen-bond donors (Lipinski definition) is 0. The van der Waals surface area contributed by atoms with E-state index in [9.17, 15) is 9.59 Å². The van der Waals surface area contributed by atoms with Gasteiger partial charge in [-0.1, -0.05) is 116 Å². The number of allylic oxidation sites excluding steroid dienone is 22. The standard InChI is InChI=1S/C59H90O4/c1-44(2)24-15-25-45(3)26-16-27-46(4)28-17-29-47(5)30-18-31-48(6)32-19-33-49(7)34-20-35-50(8)36-21-37-51(9)38-22-39-52(10)40-23-41-53(11)42-43-55-54(12)56(60)58(62-13)59(63-14)57(55)61/h24,26,28,30,32,34,36,38,40,42H,15-23,25,27,29,31,33,35,37,39,41,43H2,1-14H3/b45-26+,46-28+,47-30+,48-32+,49-34+,50-36+,51-38+,52-40+,53-42+/i12D3,43D2. The lowest BCUT2D eigenvalue weighted by atomic mass is 9.90. The smallest absolute Gasteiger partial charge is 0.228 e. The second kappa shape index (κ2) is 33.3. The van der Waals surface area contributed by atoms with Crippen LogP contribution in [0.4, 0.5) is 0 Å². The van der Waals surface area contributed by atoms with E-state index in [1.54, 1.807) is 6.92 Å². The van der Waals surface area contributed by atoms with Gasteiger partial charge < -0.3 is 9.47 Å². The van der Waals surface area contributed by atoms with E-state index in [1.165, 1.54) is 62.7 Å². The molecule has 0 unspecified atom stereocenters. The SMILES string of the molecule is [2H]C([2H])([2H])C1=C(C([2H])([2H])/C=C(\C)CC/C=C(\C)CC/C=C(\C)CC/C=C(\C)CC/C=C(\C)CC/C=C(\C)CC/C=C(\C)CC/C=C(\C)CC/C=C(\C)CCC=C(C)C)C(=O)C(OC)=C(OC)C1=O. The van der Waals surface area contributed by atoms with Crippen molar-refractivity contribution in [3.05, 3.63) is 139 Å². The Kier molecular flexibility index (Phi) is 25.6. The second-order valence-corrected chi connectivity index (χ2v) is 18.1. The normalized spacial score (nSPS) is 17.5. The van der Waals surface area contributed by atoms with Gasteiger partial charge in [0.1, 0.15) is 0 Å². The number of carbonyl (C=O) groups is 2. The number of Topliss-reactive ketones (excluding diaryl/α,β-unsaturated/α-hetero) is 2. The fourth-order valence-corrected chi connectivity index (χ4v) is 7.21. The zero-order chi connectivity index (χ0) is 51.5. The monoisotopic (exact) mass is 868 g/mol. The fourth-order valence-electron chi connectivity index (χ4n) is 7.21. The van der Waals surface area contributed by atoms with Crippen LogP contribution in [0.2, 0.25) is 0 Å². The molecule has 0 bridgehead atoms. The molecule has 0 aromatic heterocycles. The molecule has 0 amide bonds. The summed E-state index contributed by atoms with van der Waals surface area (Å²) in [6.07, 6.45) is 38.7. The van der Waals surface area contributed by atoms with Crippen molar-refractivity contribution in [2.45, 2.75) is 205 Å². The van der Waals surface area contributed by atoms with E-state index in [4.69, 9.17) is 16.3 Å². The summed E-state index contributed by atoms with van der Waals surface area (Å²) in [7, 11) is 2.29. The predicted molar refractivity (Wildman–Crippen MR) is 275 cm³/mol. The van der Waals surface area contributed by atoms with Crippen molar-refractivity contribution in [1.82, 2.24) is 0 Å². The van der Waals surface area contributed by atoms with Gasteiger partial charge in [-0.2, -0.15) is 0 Å². The van der Waals surface area contributed by atoms with Gasteiger partial charge in [0.25, 0.3) is 0 Å². The molecular formula is C59H90O4. The lowest BCUT2D eigenvalue weighted by Gasteiger charge is -2.19. The number of ether oxygens (including phenoxy) is 2. The van der Waals surface area contributed by atoms with Crippen molar-refractivity contribution in [2.24, 2.45) is 0 Å². The van der Waals surface area contributed by atoms with Crippen LogP contribution >= 0.6 is 0 Å². The van der Waals surface area contributed by atoms with E-state index in [0.717, 1.165) is 111 Å². The van der Waals surface area contributed by atoms with Crippen molar-refractivity contribution >= 4 is 11.6 Å². The molecule has 350 valence electrons. The molecule has 1 rings (SSSR count). The van der Waals surface area contributed by atoms with E-state index in [0.29, 0.717) is 18.4 Å². The largest absolute Gasteiger partial charge is 0.489 e. The van der Waals surface area contributed by atoms with Gasteiger partial charge in [-0.25, -0.2) is 0 Å². The topological polar surface area (TPSA) is 52.6 Å². The van der Waals surface area contributed by atoms with Crippen LogP contribution in [0.1, 0.15) is 212 Å².